The monoisotopic (exact) mass is 357 g/mol. The van der Waals surface area contributed by atoms with Gasteiger partial charge in [0.2, 0.25) is 5.91 Å². The molecule has 0 heterocycles. The Labute approximate surface area is 149 Å². The van der Waals surface area contributed by atoms with Gasteiger partial charge in [0.15, 0.2) is 5.11 Å². The summed E-state index contributed by atoms with van der Waals surface area (Å²) in [6.45, 7) is 0. The number of carbonyl (C=O) groups excluding carboxylic acids is 1. The zero-order chi connectivity index (χ0) is 18.2. The number of ether oxygens (including phenoxy) is 1. The molecule has 0 unspecified atom stereocenters. The fourth-order valence-electron chi connectivity index (χ4n) is 1.98. The number of nitro benzene ring substituents is 1. The van der Waals surface area contributed by atoms with E-state index in [0.29, 0.717) is 11.4 Å². The fraction of sp³-hybridized carbons (Fsp3) is 0.0588. The van der Waals surface area contributed by atoms with Crippen LogP contribution in [0.15, 0.2) is 54.6 Å². The summed E-state index contributed by atoms with van der Waals surface area (Å²) in [5, 5.41) is 16.0. The van der Waals surface area contributed by atoms with Gasteiger partial charge in [0.1, 0.15) is 5.75 Å². The Hall–Kier alpha value is -3.26. The van der Waals surface area contributed by atoms with E-state index in [4.69, 9.17) is 17.0 Å². The van der Waals surface area contributed by atoms with Crippen LogP contribution in [0.3, 0.4) is 0 Å². The second kappa shape index (κ2) is 8.55. The van der Waals surface area contributed by atoms with Crippen LogP contribution in [0.1, 0.15) is 5.56 Å². The molecule has 0 spiro atoms. The molecule has 0 radical (unpaired) electrons. The van der Waals surface area contributed by atoms with Gasteiger partial charge in [-0.15, -0.1) is 0 Å². The Bertz CT molecular complexity index is 836. The van der Waals surface area contributed by atoms with Crippen LogP contribution in [0, 0.1) is 10.1 Å². The molecule has 1 amide bonds. The number of non-ortho nitro benzene ring substituents is 1. The molecule has 7 nitrogen and oxygen atoms in total. The van der Waals surface area contributed by atoms with Crippen LogP contribution in [0.2, 0.25) is 0 Å². The number of nitrogens with one attached hydrogen (secondary N) is 2. The van der Waals surface area contributed by atoms with Crippen molar-refractivity contribution in [1.29, 1.82) is 0 Å². The lowest BCUT2D eigenvalue weighted by Crippen LogP contribution is -2.32. The van der Waals surface area contributed by atoms with Gasteiger partial charge in [-0.3, -0.25) is 20.2 Å². The predicted octanol–water partition coefficient (Wildman–Crippen LogP) is 3.13. The number of methoxy groups -OCH3 is 1. The summed E-state index contributed by atoms with van der Waals surface area (Å²) < 4.78 is 5.19. The van der Waals surface area contributed by atoms with Gasteiger partial charge < -0.3 is 10.1 Å². The van der Waals surface area contributed by atoms with E-state index in [2.05, 4.69) is 10.6 Å². The summed E-state index contributed by atoms with van der Waals surface area (Å²) in [5.41, 5.74) is 1.08. The molecule has 0 saturated carbocycles. The highest BCUT2D eigenvalue weighted by Gasteiger charge is 2.07. The minimum atomic E-state index is -0.511. The second-order valence-corrected chi connectivity index (χ2v) is 5.23. The molecule has 0 fully saturated rings. The Morgan fingerprint density at radius 2 is 2.00 bits per heavy atom. The van der Waals surface area contributed by atoms with E-state index < -0.39 is 10.8 Å². The molecular formula is C17H15N3O4S. The van der Waals surface area contributed by atoms with Crippen LogP contribution in [-0.2, 0) is 4.79 Å². The first kappa shape index (κ1) is 18.1. The molecule has 0 aliphatic heterocycles. The van der Waals surface area contributed by atoms with Crippen LogP contribution in [0.4, 0.5) is 11.4 Å². The normalized spacial score (nSPS) is 10.3. The number of amides is 1. The third kappa shape index (κ3) is 5.40. The average Bonchev–Trinajstić information content (AvgIpc) is 2.60. The van der Waals surface area contributed by atoms with Gasteiger partial charge in [-0.1, -0.05) is 24.3 Å². The molecule has 2 N–H and O–H groups in total. The Morgan fingerprint density at radius 3 is 2.72 bits per heavy atom. The van der Waals surface area contributed by atoms with Gasteiger partial charge >= 0.3 is 0 Å². The van der Waals surface area contributed by atoms with Gasteiger partial charge in [-0.25, -0.2) is 0 Å². The molecule has 0 atom stereocenters. The highest BCUT2D eigenvalue weighted by molar-refractivity contribution is 7.80. The van der Waals surface area contributed by atoms with Crippen molar-refractivity contribution in [3.63, 3.8) is 0 Å². The highest BCUT2D eigenvalue weighted by atomic mass is 32.1. The zero-order valence-electron chi connectivity index (χ0n) is 13.3. The van der Waals surface area contributed by atoms with E-state index in [-0.39, 0.29) is 10.8 Å². The van der Waals surface area contributed by atoms with Crippen LogP contribution in [0.5, 0.6) is 5.75 Å². The van der Waals surface area contributed by atoms with E-state index >= 15 is 0 Å². The number of hydrogen-bond donors (Lipinski definition) is 2. The number of anilines is 1. The largest absolute Gasteiger partial charge is 0.496 e. The summed E-state index contributed by atoms with van der Waals surface area (Å²) in [6, 6.07) is 13.1. The van der Waals surface area contributed by atoms with Crippen molar-refractivity contribution < 1.29 is 14.5 Å². The number of hydrogen-bond acceptors (Lipinski definition) is 5. The van der Waals surface area contributed by atoms with Crippen LogP contribution in [0.25, 0.3) is 6.08 Å². The van der Waals surface area contributed by atoms with Crippen LogP contribution >= 0.6 is 12.2 Å². The Balaban J connectivity index is 1.96. The molecule has 0 saturated heterocycles. The van der Waals surface area contributed by atoms with E-state index in [9.17, 15) is 14.9 Å². The molecule has 0 aromatic heterocycles. The predicted molar refractivity (Wildman–Crippen MR) is 99.5 cm³/mol. The van der Waals surface area contributed by atoms with E-state index in [1.54, 1.807) is 25.3 Å². The summed E-state index contributed by atoms with van der Waals surface area (Å²) in [4.78, 5) is 22.2. The number of rotatable bonds is 5. The smallest absolute Gasteiger partial charge is 0.271 e. The molecule has 128 valence electrons. The first-order chi connectivity index (χ1) is 12.0. The van der Waals surface area contributed by atoms with Gasteiger partial charge in [-0.2, -0.15) is 0 Å². The standard InChI is InChI=1S/C17H15N3O4S/c1-24-15-8-3-2-5-12(15)9-10-16(21)19-17(25)18-13-6-4-7-14(11-13)20(22)23/h2-11H,1H3,(H2,18,19,21,25)/b10-9+. The number of carbonyl (C=O) groups is 1. The van der Waals surface area contributed by atoms with E-state index in [1.807, 2.05) is 18.2 Å². The van der Waals surface area contributed by atoms with Crippen molar-refractivity contribution in [1.82, 2.24) is 5.32 Å². The van der Waals surface area contributed by atoms with Crippen molar-refractivity contribution in [2.45, 2.75) is 0 Å². The minimum Gasteiger partial charge on any atom is -0.496 e. The minimum absolute atomic E-state index is 0.0372. The molecular weight excluding hydrogens is 342 g/mol. The molecule has 8 heteroatoms. The summed E-state index contributed by atoms with van der Waals surface area (Å²) >= 11 is 5.03. The lowest BCUT2D eigenvalue weighted by molar-refractivity contribution is -0.384. The lowest BCUT2D eigenvalue weighted by Gasteiger charge is -2.08. The molecule has 2 aromatic carbocycles. The summed E-state index contributed by atoms with van der Waals surface area (Å²) in [5.74, 6) is 0.206. The SMILES string of the molecule is COc1ccccc1/C=C/C(=O)NC(=S)Nc1cccc([N+](=O)[O-])c1. The van der Waals surface area contributed by atoms with Crippen molar-refractivity contribution in [2.75, 3.05) is 12.4 Å². The van der Waals surface area contributed by atoms with Crippen molar-refractivity contribution in [2.24, 2.45) is 0 Å². The van der Waals surface area contributed by atoms with Gasteiger partial charge in [-0.05, 0) is 30.4 Å². The number of para-hydroxylation sites is 1. The highest BCUT2D eigenvalue weighted by Crippen LogP contribution is 2.18. The topological polar surface area (TPSA) is 93.5 Å². The van der Waals surface area contributed by atoms with Gasteiger partial charge in [0.25, 0.3) is 5.69 Å². The summed E-state index contributed by atoms with van der Waals surface area (Å²) in [7, 11) is 1.55. The Kier molecular flexibility index (Phi) is 6.19. The molecule has 0 aliphatic carbocycles. The second-order valence-electron chi connectivity index (χ2n) is 4.83. The average molecular weight is 357 g/mol. The fourth-order valence-corrected chi connectivity index (χ4v) is 2.20. The molecule has 2 aromatic rings. The third-order valence-electron chi connectivity index (χ3n) is 3.10. The maximum absolute atomic E-state index is 11.9. The van der Waals surface area contributed by atoms with Crippen molar-refractivity contribution in [3.8, 4) is 5.75 Å². The maximum Gasteiger partial charge on any atom is 0.271 e. The third-order valence-corrected chi connectivity index (χ3v) is 3.31. The first-order valence-electron chi connectivity index (χ1n) is 7.17. The summed E-state index contributed by atoms with van der Waals surface area (Å²) in [6.07, 6.45) is 2.92. The number of nitrogens with zero attached hydrogens (tertiary/aromatic N) is 1. The van der Waals surface area contributed by atoms with E-state index in [1.165, 1.54) is 24.3 Å². The van der Waals surface area contributed by atoms with Crippen LogP contribution < -0.4 is 15.4 Å². The Morgan fingerprint density at radius 1 is 1.24 bits per heavy atom. The zero-order valence-corrected chi connectivity index (χ0v) is 14.1. The van der Waals surface area contributed by atoms with Gasteiger partial charge in [0.05, 0.1) is 12.0 Å². The number of benzene rings is 2. The van der Waals surface area contributed by atoms with E-state index in [0.717, 1.165) is 5.56 Å². The number of nitro groups is 1. The number of thiocarbonyl (C=S) groups is 1. The molecule has 25 heavy (non-hydrogen) atoms. The van der Waals surface area contributed by atoms with Gasteiger partial charge in [0, 0.05) is 29.5 Å². The van der Waals surface area contributed by atoms with Crippen molar-refractivity contribution in [3.05, 3.63) is 70.3 Å². The molecule has 0 aliphatic rings. The van der Waals surface area contributed by atoms with Crippen molar-refractivity contribution >= 4 is 40.7 Å². The quantitative estimate of drug-likeness (QED) is 0.370. The first-order valence-corrected chi connectivity index (χ1v) is 7.58. The molecule has 0 bridgehead atoms. The molecule has 2 rings (SSSR count). The van der Waals surface area contributed by atoms with Crippen LogP contribution in [-0.4, -0.2) is 23.1 Å². The lowest BCUT2D eigenvalue weighted by atomic mass is 10.2. The maximum atomic E-state index is 11.9.